The summed E-state index contributed by atoms with van der Waals surface area (Å²) >= 11 is 0. The van der Waals surface area contributed by atoms with E-state index >= 15 is 0 Å². The summed E-state index contributed by atoms with van der Waals surface area (Å²) in [5, 5.41) is 43.0. The van der Waals surface area contributed by atoms with Crippen LogP contribution in [0.5, 0.6) is 0 Å². The number of rotatable bonds is 13. The molecule has 17 atom stereocenters. The van der Waals surface area contributed by atoms with E-state index in [1.54, 1.807) is 43.1 Å². The van der Waals surface area contributed by atoms with Crippen molar-refractivity contribution in [1.29, 1.82) is 0 Å². The van der Waals surface area contributed by atoms with E-state index in [9.17, 15) is 24.9 Å². The van der Waals surface area contributed by atoms with Gasteiger partial charge in [-0.15, -0.1) is 5.10 Å². The molecule has 4 aliphatic rings. The molecule has 0 spiro atoms. The Balaban J connectivity index is 1.29. The molecule has 350 valence electrons. The third-order valence-corrected chi connectivity index (χ3v) is 12.8. The minimum atomic E-state index is -1.26. The van der Waals surface area contributed by atoms with Gasteiger partial charge in [-0.2, -0.15) is 0 Å². The van der Waals surface area contributed by atoms with Crippen molar-refractivity contribution in [1.82, 2.24) is 24.9 Å². The number of methoxy groups -OCH3 is 2. The van der Waals surface area contributed by atoms with Gasteiger partial charge in [-0.1, -0.05) is 43.7 Å². The number of ether oxygens (including phenoxy) is 8. The van der Waals surface area contributed by atoms with Crippen LogP contribution in [0.2, 0.25) is 0 Å². The average Bonchev–Trinajstić information content (AvgIpc) is 3.87. The molecule has 3 saturated heterocycles. The predicted molar refractivity (Wildman–Crippen MR) is 226 cm³/mol. The van der Waals surface area contributed by atoms with Crippen LogP contribution in [0.3, 0.4) is 0 Å². The van der Waals surface area contributed by atoms with Gasteiger partial charge in [-0.05, 0) is 71.3 Å². The van der Waals surface area contributed by atoms with Crippen molar-refractivity contribution in [2.24, 2.45) is 23.7 Å². The first-order chi connectivity index (χ1) is 30.1. The topological polar surface area (TPSA) is 219 Å². The van der Waals surface area contributed by atoms with Gasteiger partial charge in [-0.3, -0.25) is 19.3 Å². The van der Waals surface area contributed by atoms with E-state index in [4.69, 9.17) is 37.9 Å². The Kier molecular flexibility index (Phi) is 17.2. The first kappa shape index (κ1) is 48.9. The highest BCUT2D eigenvalue weighted by atomic mass is 16.8. The van der Waals surface area contributed by atoms with Gasteiger partial charge in [0.2, 0.25) is 0 Å². The standard InChI is InChI=1S/C45H67N5O13/c1-10-34-30(23-58-44-42(57-9)41(56-8)37(54)27(5)59-44)18-24(2)13-14-32(51)25(3)19-28(15-17-50-22-31(47-48-50)29-12-11-16-46-21-29)39(26(4)33(52)20-35(53)60-34)61-43-38(55)36(49(6)7)40-45(62-40)63-43/h11-14,16,18,21-22,25-28,30,33-34,36-45,52,54-55H,10,15,17,19-20,23H2,1-9H3/b14-13+,24-18+/t25-,26+,27?,28+,30-,33-,34-,36?,37-,38?,39-,40+,41+,42?,43-,44-,45+/m1/s1. The number of pyridine rings is 1. The summed E-state index contributed by atoms with van der Waals surface area (Å²) in [4.78, 5) is 33.9. The Labute approximate surface area is 369 Å². The number of ketones is 1. The van der Waals surface area contributed by atoms with E-state index in [0.717, 1.165) is 11.1 Å². The van der Waals surface area contributed by atoms with Crippen molar-refractivity contribution in [2.75, 3.05) is 34.9 Å². The number of fused-ring (bicyclic) bond motifs is 1. The first-order valence-electron chi connectivity index (χ1n) is 22.0. The molecule has 2 aromatic heterocycles. The Morgan fingerprint density at radius 2 is 1.73 bits per heavy atom. The quantitative estimate of drug-likeness (QED) is 0.195. The number of carbonyl (C=O) groups excluding carboxylic acids is 2. The molecule has 6 rings (SSSR count). The van der Waals surface area contributed by atoms with Crippen molar-refractivity contribution in [2.45, 2.75) is 147 Å². The number of epoxide rings is 1. The number of hydrogen-bond donors (Lipinski definition) is 3. The van der Waals surface area contributed by atoms with E-state index in [1.807, 2.05) is 64.2 Å². The first-order valence-corrected chi connectivity index (χ1v) is 22.0. The van der Waals surface area contributed by atoms with E-state index in [-0.39, 0.29) is 24.9 Å². The van der Waals surface area contributed by atoms with Gasteiger partial charge in [0.15, 0.2) is 24.7 Å². The lowest BCUT2D eigenvalue weighted by Gasteiger charge is -2.42. The Morgan fingerprint density at radius 3 is 2.41 bits per heavy atom. The third kappa shape index (κ3) is 12.0. The number of likely N-dealkylation sites (N-methyl/N-ethyl adjacent to an activating group) is 1. The molecule has 6 heterocycles. The molecule has 0 amide bonds. The van der Waals surface area contributed by atoms with E-state index in [2.05, 4.69) is 15.3 Å². The van der Waals surface area contributed by atoms with Crippen LogP contribution in [-0.4, -0.2) is 167 Å². The minimum absolute atomic E-state index is 0.0281. The van der Waals surface area contributed by atoms with Crippen molar-refractivity contribution in [3.8, 4) is 11.3 Å². The number of cyclic esters (lactones) is 1. The zero-order valence-electron chi connectivity index (χ0n) is 37.8. The second kappa shape index (κ2) is 22.1. The molecule has 4 unspecified atom stereocenters. The van der Waals surface area contributed by atoms with Crippen molar-refractivity contribution < 1.29 is 62.8 Å². The van der Waals surface area contributed by atoms with Crippen LogP contribution in [0, 0.1) is 23.7 Å². The molecule has 63 heavy (non-hydrogen) atoms. The second-order valence-electron chi connectivity index (χ2n) is 17.6. The normalized spacial score (nSPS) is 39.6. The summed E-state index contributed by atoms with van der Waals surface area (Å²) in [6, 6.07) is 3.30. The van der Waals surface area contributed by atoms with Crippen LogP contribution < -0.4 is 0 Å². The highest BCUT2D eigenvalue weighted by Crippen LogP contribution is 2.41. The van der Waals surface area contributed by atoms with Gasteiger partial charge in [0.25, 0.3) is 0 Å². The van der Waals surface area contributed by atoms with E-state index in [0.29, 0.717) is 31.5 Å². The lowest BCUT2D eigenvalue weighted by atomic mass is 9.79. The molecule has 0 bridgehead atoms. The van der Waals surface area contributed by atoms with Crippen LogP contribution in [0.25, 0.3) is 11.3 Å². The van der Waals surface area contributed by atoms with Crippen LogP contribution in [0.4, 0.5) is 0 Å². The zero-order valence-corrected chi connectivity index (χ0v) is 37.8. The molecular formula is C45H67N5O13. The molecular weight excluding hydrogens is 819 g/mol. The summed E-state index contributed by atoms with van der Waals surface area (Å²) in [5.74, 6) is -2.89. The van der Waals surface area contributed by atoms with Crippen LogP contribution in [0.15, 0.2) is 54.5 Å². The lowest BCUT2D eigenvalue weighted by molar-refractivity contribution is -0.304. The van der Waals surface area contributed by atoms with Gasteiger partial charge in [0, 0.05) is 56.5 Å². The van der Waals surface area contributed by atoms with Crippen LogP contribution >= 0.6 is 0 Å². The number of carbonyl (C=O) groups is 2. The highest BCUT2D eigenvalue weighted by Gasteiger charge is 2.58. The summed E-state index contributed by atoms with van der Waals surface area (Å²) in [6.07, 6.45) is 1.37. The van der Waals surface area contributed by atoms with Gasteiger partial charge < -0.3 is 58.1 Å². The minimum Gasteiger partial charge on any atom is -0.462 e. The fourth-order valence-electron chi connectivity index (χ4n) is 9.04. The monoisotopic (exact) mass is 885 g/mol. The molecule has 0 saturated carbocycles. The smallest absolute Gasteiger partial charge is 0.308 e. The summed E-state index contributed by atoms with van der Waals surface area (Å²) in [5.41, 5.74) is 2.19. The summed E-state index contributed by atoms with van der Waals surface area (Å²) in [6.45, 7) is 9.52. The van der Waals surface area contributed by atoms with E-state index < -0.39 is 103 Å². The summed E-state index contributed by atoms with van der Waals surface area (Å²) in [7, 11) is 6.66. The van der Waals surface area contributed by atoms with E-state index in [1.165, 1.54) is 14.2 Å². The molecule has 3 fully saturated rings. The molecule has 4 aliphatic heterocycles. The van der Waals surface area contributed by atoms with Crippen molar-refractivity contribution in [3.63, 3.8) is 0 Å². The number of aromatic nitrogens is 4. The van der Waals surface area contributed by atoms with Crippen molar-refractivity contribution in [3.05, 3.63) is 54.5 Å². The number of esters is 1. The highest BCUT2D eigenvalue weighted by molar-refractivity contribution is 5.91. The third-order valence-electron chi connectivity index (χ3n) is 12.8. The molecule has 0 radical (unpaired) electrons. The molecule has 18 nitrogen and oxygen atoms in total. The van der Waals surface area contributed by atoms with Gasteiger partial charge in [-0.25, -0.2) is 0 Å². The Hall–Kier alpha value is -3.53. The lowest BCUT2D eigenvalue weighted by Crippen LogP contribution is -2.59. The average molecular weight is 886 g/mol. The second-order valence-corrected chi connectivity index (χ2v) is 17.6. The van der Waals surface area contributed by atoms with Crippen molar-refractivity contribution >= 4 is 11.8 Å². The van der Waals surface area contributed by atoms with Crippen LogP contribution in [-0.2, 0) is 54.0 Å². The number of hydrogen-bond acceptors (Lipinski definition) is 17. The number of aliphatic hydroxyl groups is 3. The number of allylic oxidation sites excluding steroid dienone is 3. The Bertz CT molecular complexity index is 1850. The zero-order chi connectivity index (χ0) is 45.5. The molecule has 3 N–H and O–H groups in total. The maximum Gasteiger partial charge on any atom is 0.308 e. The van der Waals surface area contributed by atoms with Gasteiger partial charge in [0.05, 0.1) is 43.6 Å². The molecule has 0 aromatic carbocycles. The van der Waals surface area contributed by atoms with Crippen LogP contribution in [0.1, 0.15) is 60.3 Å². The Morgan fingerprint density at radius 1 is 0.968 bits per heavy atom. The molecule has 18 heteroatoms. The summed E-state index contributed by atoms with van der Waals surface area (Å²) < 4.78 is 50.0. The fraction of sp³-hybridized carbons (Fsp3) is 0.711. The van der Waals surface area contributed by atoms with Gasteiger partial charge >= 0.3 is 5.97 Å². The molecule has 0 aliphatic carbocycles. The fourth-order valence-corrected chi connectivity index (χ4v) is 9.04. The largest absolute Gasteiger partial charge is 0.462 e. The molecule has 2 aromatic rings. The van der Waals surface area contributed by atoms with Gasteiger partial charge in [0.1, 0.15) is 42.3 Å². The SMILES string of the molecule is CC[C@H]1OC(=O)C[C@@H](O)[C@H](C)[C@@H](O[C@@H]2O[C@@H]3O[C@H]3C(N(C)C)C2O)[C@@H](CCn2cc(-c3cccnc3)nn2)C[C@@H](C)C(=O)/C=C/C(C)=C/[C@@H]1CO[C@@H]1OC(C)[C@@H](O)[C@H](OC)C1OC. The maximum atomic E-state index is 14.0. The predicted octanol–water partition coefficient (Wildman–Crippen LogP) is 2.69. The number of nitrogens with zero attached hydrogens (tertiary/aromatic N) is 5. The number of aliphatic hydroxyl groups excluding tert-OH is 3. The maximum absolute atomic E-state index is 14.0. The number of aryl methyl sites for hydroxylation is 1.